The molecule has 0 aliphatic carbocycles. The van der Waals surface area contributed by atoms with Crippen molar-refractivity contribution >= 4 is 17.8 Å². The van der Waals surface area contributed by atoms with Crippen LogP contribution in [0.25, 0.3) is 6.08 Å². The maximum Gasteiger partial charge on any atom is 0.341 e. The number of carbonyl (C=O) groups is 2. The summed E-state index contributed by atoms with van der Waals surface area (Å²) in [5.41, 5.74) is 1.99. The Hall–Kier alpha value is -1.90. The molecule has 0 N–H and O–H groups in total. The lowest BCUT2D eigenvalue weighted by Gasteiger charge is -2.01. The minimum Gasteiger partial charge on any atom is -0.465 e. The molecule has 0 amide bonds. The van der Waals surface area contributed by atoms with Crippen molar-refractivity contribution in [3.8, 4) is 0 Å². The first-order valence-corrected chi connectivity index (χ1v) is 4.92. The van der Waals surface area contributed by atoms with Gasteiger partial charge in [-0.15, -0.1) is 0 Å². The van der Waals surface area contributed by atoms with E-state index in [1.54, 1.807) is 0 Å². The van der Waals surface area contributed by atoms with E-state index in [0.717, 1.165) is 11.1 Å². The van der Waals surface area contributed by atoms with Crippen molar-refractivity contribution in [1.82, 2.24) is 0 Å². The lowest BCUT2D eigenvalue weighted by atomic mass is 10.1. The van der Waals surface area contributed by atoms with Crippen LogP contribution < -0.4 is 0 Å². The van der Waals surface area contributed by atoms with Gasteiger partial charge in [0.2, 0.25) is 0 Å². The van der Waals surface area contributed by atoms with Crippen LogP contribution in [0.2, 0.25) is 0 Å². The van der Waals surface area contributed by atoms with E-state index in [0.29, 0.717) is 0 Å². The van der Waals surface area contributed by atoms with Crippen molar-refractivity contribution in [2.24, 2.45) is 0 Å². The van der Waals surface area contributed by atoms with Gasteiger partial charge >= 0.3 is 5.97 Å². The highest BCUT2D eigenvalue weighted by Crippen LogP contribution is 2.10. The number of esters is 1. The topological polar surface area (TPSA) is 43.4 Å². The van der Waals surface area contributed by atoms with Crippen LogP contribution in [0, 0.1) is 6.92 Å². The number of benzene rings is 1. The largest absolute Gasteiger partial charge is 0.465 e. The minimum absolute atomic E-state index is 0.0614. The SMILES string of the molecule is COC(=O)/C(=C\c1ccc(C)cc1)C(C)=O. The summed E-state index contributed by atoms with van der Waals surface area (Å²) in [6, 6.07) is 7.53. The van der Waals surface area contributed by atoms with E-state index < -0.39 is 5.97 Å². The second-order valence-electron chi connectivity index (χ2n) is 3.52. The van der Waals surface area contributed by atoms with Crippen molar-refractivity contribution in [2.45, 2.75) is 13.8 Å². The maximum atomic E-state index is 11.3. The molecule has 1 aromatic rings. The Kier molecular flexibility index (Phi) is 4.00. The minimum atomic E-state index is -0.604. The Balaban J connectivity index is 3.07. The first-order valence-electron chi connectivity index (χ1n) is 4.92. The van der Waals surface area contributed by atoms with Gasteiger partial charge in [-0.2, -0.15) is 0 Å². The van der Waals surface area contributed by atoms with Crippen LogP contribution in [-0.2, 0) is 14.3 Å². The maximum absolute atomic E-state index is 11.3. The van der Waals surface area contributed by atoms with Crippen LogP contribution in [0.5, 0.6) is 0 Å². The van der Waals surface area contributed by atoms with Gasteiger partial charge in [0.1, 0.15) is 5.57 Å². The van der Waals surface area contributed by atoms with Crippen LogP contribution in [0.3, 0.4) is 0 Å². The molecule has 0 spiro atoms. The number of ketones is 1. The molecule has 0 aliphatic rings. The third kappa shape index (κ3) is 3.05. The number of hydrogen-bond donors (Lipinski definition) is 0. The van der Waals surface area contributed by atoms with Crippen molar-refractivity contribution in [3.05, 3.63) is 41.0 Å². The monoisotopic (exact) mass is 218 g/mol. The summed E-state index contributed by atoms with van der Waals surface area (Å²) in [5.74, 6) is -0.902. The molecule has 0 unspecified atom stereocenters. The number of methoxy groups -OCH3 is 1. The molecule has 0 saturated heterocycles. The van der Waals surface area contributed by atoms with Crippen LogP contribution in [0.1, 0.15) is 18.1 Å². The Morgan fingerprint density at radius 2 is 1.75 bits per heavy atom. The molecule has 1 rings (SSSR count). The summed E-state index contributed by atoms with van der Waals surface area (Å²) in [7, 11) is 1.26. The summed E-state index contributed by atoms with van der Waals surface area (Å²) in [4.78, 5) is 22.6. The van der Waals surface area contributed by atoms with Crippen molar-refractivity contribution in [2.75, 3.05) is 7.11 Å². The molecule has 0 radical (unpaired) electrons. The van der Waals surface area contributed by atoms with E-state index in [9.17, 15) is 9.59 Å². The van der Waals surface area contributed by atoms with Gasteiger partial charge in [-0.3, -0.25) is 4.79 Å². The third-order valence-corrected chi connectivity index (χ3v) is 2.17. The van der Waals surface area contributed by atoms with Gasteiger partial charge in [0.15, 0.2) is 5.78 Å². The van der Waals surface area contributed by atoms with E-state index in [1.807, 2.05) is 31.2 Å². The Morgan fingerprint density at radius 1 is 1.19 bits per heavy atom. The lowest BCUT2D eigenvalue weighted by Crippen LogP contribution is -2.11. The number of Topliss-reactive ketones (excluding diaryl/α,β-unsaturated/α-hetero) is 1. The molecule has 0 heterocycles. The number of aryl methyl sites for hydroxylation is 1. The fourth-order valence-corrected chi connectivity index (χ4v) is 1.24. The highest BCUT2D eigenvalue weighted by Gasteiger charge is 2.14. The molecule has 1 aromatic carbocycles. The summed E-state index contributed by atoms with van der Waals surface area (Å²) in [6.07, 6.45) is 1.54. The molecule has 3 heteroatoms. The van der Waals surface area contributed by atoms with Crippen LogP contribution in [0.4, 0.5) is 0 Å². The molecule has 0 bridgehead atoms. The number of carbonyl (C=O) groups excluding carboxylic acids is 2. The molecule has 0 saturated carbocycles. The second kappa shape index (κ2) is 5.26. The number of rotatable bonds is 3. The quantitative estimate of drug-likeness (QED) is 0.338. The molecule has 0 fully saturated rings. The van der Waals surface area contributed by atoms with Gasteiger partial charge in [0, 0.05) is 0 Å². The van der Waals surface area contributed by atoms with Crippen LogP contribution >= 0.6 is 0 Å². The summed E-state index contributed by atoms with van der Waals surface area (Å²) in [5, 5.41) is 0. The Labute approximate surface area is 94.7 Å². The van der Waals surface area contributed by atoms with Gasteiger partial charge in [0.25, 0.3) is 0 Å². The molecule has 84 valence electrons. The fourth-order valence-electron chi connectivity index (χ4n) is 1.24. The van der Waals surface area contributed by atoms with Gasteiger partial charge < -0.3 is 4.74 Å². The second-order valence-corrected chi connectivity index (χ2v) is 3.52. The highest BCUT2D eigenvalue weighted by molar-refractivity contribution is 6.19. The zero-order valence-corrected chi connectivity index (χ0v) is 9.61. The van der Waals surface area contributed by atoms with E-state index >= 15 is 0 Å². The molecule has 16 heavy (non-hydrogen) atoms. The third-order valence-electron chi connectivity index (χ3n) is 2.17. The molecular weight excluding hydrogens is 204 g/mol. The average molecular weight is 218 g/mol. The van der Waals surface area contributed by atoms with Gasteiger partial charge in [-0.05, 0) is 25.5 Å². The zero-order chi connectivity index (χ0) is 12.1. The molecule has 3 nitrogen and oxygen atoms in total. The predicted octanol–water partition coefficient (Wildman–Crippen LogP) is 2.14. The Morgan fingerprint density at radius 3 is 2.19 bits per heavy atom. The summed E-state index contributed by atoms with van der Waals surface area (Å²) < 4.78 is 4.54. The molecule has 0 aliphatic heterocycles. The number of hydrogen-bond acceptors (Lipinski definition) is 3. The van der Waals surface area contributed by atoms with E-state index in [-0.39, 0.29) is 11.4 Å². The van der Waals surface area contributed by atoms with Gasteiger partial charge in [-0.25, -0.2) is 4.79 Å². The van der Waals surface area contributed by atoms with Crippen LogP contribution in [0.15, 0.2) is 29.8 Å². The highest BCUT2D eigenvalue weighted by atomic mass is 16.5. The lowest BCUT2D eigenvalue weighted by molar-refractivity contribution is -0.137. The Bertz CT molecular complexity index is 427. The fraction of sp³-hybridized carbons (Fsp3) is 0.231. The van der Waals surface area contributed by atoms with Crippen molar-refractivity contribution < 1.29 is 14.3 Å². The van der Waals surface area contributed by atoms with Gasteiger partial charge in [0.05, 0.1) is 7.11 Å². The standard InChI is InChI=1S/C13H14O3/c1-9-4-6-11(7-5-9)8-12(10(2)14)13(15)16-3/h4-8H,1-3H3/b12-8-. The number of ether oxygens (including phenoxy) is 1. The first-order chi connectivity index (χ1) is 7.54. The van der Waals surface area contributed by atoms with Crippen LogP contribution in [-0.4, -0.2) is 18.9 Å². The van der Waals surface area contributed by atoms with E-state index in [1.165, 1.54) is 20.1 Å². The van der Waals surface area contributed by atoms with Crippen molar-refractivity contribution in [1.29, 1.82) is 0 Å². The summed E-state index contributed by atoms with van der Waals surface area (Å²) >= 11 is 0. The molecule has 0 aromatic heterocycles. The van der Waals surface area contributed by atoms with Gasteiger partial charge in [-0.1, -0.05) is 29.8 Å². The van der Waals surface area contributed by atoms with Crippen molar-refractivity contribution in [3.63, 3.8) is 0 Å². The van der Waals surface area contributed by atoms with E-state index in [2.05, 4.69) is 4.74 Å². The average Bonchev–Trinajstić information content (AvgIpc) is 2.27. The molecular formula is C13H14O3. The smallest absolute Gasteiger partial charge is 0.341 e. The zero-order valence-electron chi connectivity index (χ0n) is 9.61. The first kappa shape index (κ1) is 12.2. The normalized spacial score (nSPS) is 11.1. The predicted molar refractivity (Wildman–Crippen MR) is 61.9 cm³/mol. The summed E-state index contributed by atoms with van der Waals surface area (Å²) in [6.45, 7) is 3.32. The van der Waals surface area contributed by atoms with E-state index in [4.69, 9.17) is 0 Å². The molecule has 0 atom stereocenters.